The fraction of sp³-hybridized carbons (Fsp3) is 0.560. The van der Waals surface area contributed by atoms with Gasteiger partial charge in [0.05, 0.1) is 7.11 Å². The number of piperidine rings is 2. The quantitative estimate of drug-likeness (QED) is 0.597. The maximum Gasteiger partial charge on any atom is 0.232 e. The smallest absolute Gasteiger partial charge is 0.232 e. The van der Waals surface area contributed by atoms with Crippen LogP contribution in [0.4, 0.5) is 17.6 Å². The molecule has 2 aliphatic heterocycles. The lowest BCUT2D eigenvalue weighted by molar-refractivity contribution is 0.414. The molecule has 7 nitrogen and oxygen atoms in total. The molecule has 0 spiro atoms. The second kappa shape index (κ2) is 11.0. The molecule has 0 radical (unpaired) electrons. The Morgan fingerprint density at radius 2 is 1.85 bits per heavy atom. The first-order valence-corrected chi connectivity index (χ1v) is 12.5. The molecule has 2 aliphatic rings. The predicted octanol–water partition coefficient (Wildman–Crippen LogP) is 4.59. The maximum absolute atomic E-state index is 5.57. The van der Waals surface area contributed by atoms with Crippen molar-refractivity contribution in [2.75, 3.05) is 41.9 Å². The van der Waals surface area contributed by atoms with Gasteiger partial charge in [-0.25, -0.2) is 0 Å². The third-order valence-corrected chi connectivity index (χ3v) is 6.86. The highest BCUT2D eigenvalue weighted by atomic mass is 32.1. The van der Waals surface area contributed by atoms with Crippen LogP contribution in [0.3, 0.4) is 0 Å². The minimum atomic E-state index is 0.481. The minimum absolute atomic E-state index is 0.481. The average Bonchev–Trinajstić information content (AvgIpc) is 2.83. The molecule has 2 fully saturated rings. The molecule has 2 saturated heterocycles. The molecule has 33 heavy (non-hydrogen) atoms. The summed E-state index contributed by atoms with van der Waals surface area (Å²) in [6.45, 7) is 8.33. The highest BCUT2D eigenvalue weighted by molar-refractivity contribution is 7.80. The van der Waals surface area contributed by atoms with E-state index in [0.717, 1.165) is 42.6 Å². The second-order valence-corrected chi connectivity index (χ2v) is 9.70. The fourth-order valence-electron chi connectivity index (χ4n) is 4.69. The average molecular weight is 469 g/mol. The third kappa shape index (κ3) is 6.25. The largest absolute Gasteiger partial charge is 0.497 e. The van der Waals surface area contributed by atoms with Gasteiger partial charge in [-0.3, -0.25) is 0 Å². The lowest BCUT2D eigenvalue weighted by atomic mass is 10.0. The van der Waals surface area contributed by atoms with Crippen molar-refractivity contribution in [1.29, 1.82) is 0 Å². The SMILES string of the molecule is COc1ccc(CNC(=S)Nc2nc(N3CCC[C@@H](C)C3)cc(N3CCCC[C@H]3C)n2)cc1. The Bertz CT molecular complexity index is 937. The summed E-state index contributed by atoms with van der Waals surface area (Å²) in [7, 11) is 1.67. The number of methoxy groups -OCH3 is 1. The van der Waals surface area contributed by atoms with Crippen LogP contribution in [0.25, 0.3) is 0 Å². The van der Waals surface area contributed by atoms with Gasteiger partial charge in [-0.15, -0.1) is 0 Å². The van der Waals surface area contributed by atoms with E-state index in [-0.39, 0.29) is 0 Å². The van der Waals surface area contributed by atoms with Gasteiger partial charge in [-0.05, 0) is 74.9 Å². The molecular weight excluding hydrogens is 432 g/mol. The van der Waals surface area contributed by atoms with Gasteiger partial charge in [-0.1, -0.05) is 19.1 Å². The maximum atomic E-state index is 5.57. The fourth-order valence-corrected chi connectivity index (χ4v) is 4.86. The third-order valence-electron chi connectivity index (χ3n) is 6.61. The van der Waals surface area contributed by atoms with Crippen LogP contribution in [0.15, 0.2) is 30.3 Å². The molecule has 8 heteroatoms. The van der Waals surface area contributed by atoms with E-state index in [4.69, 9.17) is 26.9 Å². The summed E-state index contributed by atoms with van der Waals surface area (Å²) in [5.41, 5.74) is 1.12. The molecular formula is C25H36N6OS. The van der Waals surface area contributed by atoms with Gasteiger partial charge in [0.2, 0.25) is 5.95 Å². The predicted molar refractivity (Wildman–Crippen MR) is 139 cm³/mol. The molecule has 2 atom stereocenters. The molecule has 0 bridgehead atoms. The van der Waals surface area contributed by atoms with Gasteiger partial charge in [0.15, 0.2) is 5.11 Å². The number of nitrogens with zero attached hydrogens (tertiary/aromatic N) is 4. The summed E-state index contributed by atoms with van der Waals surface area (Å²) in [4.78, 5) is 14.5. The van der Waals surface area contributed by atoms with Gasteiger partial charge < -0.3 is 25.2 Å². The van der Waals surface area contributed by atoms with Crippen LogP contribution < -0.4 is 25.2 Å². The highest BCUT2D eigenvalue weighted by Gasteiger charge is 2.24. The molecule has 2 aromatic rings. The molecule has 1 aromatic carbocycles. The van der Waals surface area contributed by atoms with Gasteiger partial charge in [0, 0.05) is 38.3 Å². The first-order valence-electron chi connectivity index (χ1n) is 12.1. The van der Waals surface area contributed by atoms with E-state index in [0.29, 0.717) is 29.6 Å². The van der Waals surface area contributed by atoms with Gasteiger partial charge in [-0.2, -0.15) is 9.97 Å². The van der Waals surface area contributed by atoms with E-state index in [1.54, 1.807) is 7.11 Å². The van der Waals surface area contributed by atoms with E-state index < -0.39 is 0 Å². The molecule has 3 heterocycles. The van der Waals surface area contributed by atoms with Crippen molar-refractivity contribution in [3.8, 4) is 5.75 Å². The van der Waals surface area contributed by atoms with Gasteiger partial charge in [0.1, 0.15) is 17.4 Å². The first kappa shape index (κ1) is 23.5. The Morgan fingerprint density at radius 1 is 1.06 bits per heavy atom. The molecule has 178 valence electrons. The summed E-state index contributed by atoms with van der Waals surface area (Å²) < 4.78 is 5.23. The van der Waals surface area contributed by atoms with E-state index in [1.165, 1.54) is 32.1 Å². The highest BCUT2D eigenvalue weighted by Crippen LogP contribution is 2.29. The standard InChI is InChI=1S/C25H36N6OS/c1-18-7-6-13-30(17-18)22-15-23(31-14-5-4-8-19(31)2)28-24(27-22)29-25(33)26-16-20-9-11-21(32-3)12-10-20/h9-12,15,18-19H,4-8,13-14,16-17H2,1-3H3,(H2,26,27,28,29,33)/t18-,19-/m1/s1. The van der Waals surface area contributed by atoms with Crippen LogP contribution in [0.1, 0.15) is 51.5 Å². The number of ether oxygens (including phenoxy) is 1. The zero-order chi connectivity index (χ0) is 23.2. The molecule has 0 amide bonds. The van der Waals surface area contributed by atoms with E-state index in [9.17, 15) is 0 Å². The van der Waals surface area contributed by atoms with Crippen molar-refractivity contribution < 1.29 is 4.74 Å². The summed E-state index contributed by atoms with van der Waals surface area (Å²) >= 11 is 5.57. The van der Waals surface area contributed by atoms with Crippen molar-refractivity contribution in [2.24, 2.45) is 5.92 Å². The number of aromatic nitrogens is 2. The summed E-state index contributed by atoms with van der Waals surface area (Å²) in [6.07, 6.45) is 6.16. The number of hydrogen-bond acceptors (Lipinski definition) is 6. The van der Waals surface area contributed by atoms with Crippen molar-refractivity contribution in [2.45, 2.75) is 58.5 Å². The Kier molecular flexibility index (Phi) is 7.85. The van der Waals surface area contributed by atoms with E-state index >= 15 is 0 Å². The molecule has 0 aliphatic carbocycles. The van der Waals surface area contributed by atoms with Crippen LogP contribution in [0.5, 0.6) is 5.75 Å². The number of rotatable bonds is 6. The van der Waals surface area contributed by atoms with Crippen molar-refractivity contribution in [3.63, 3.8) is 0 Å². The molecule has 1 aromatic heterocycles. The zero-order valence-electron chi connectivity index (χ0n) is 20.0. The topological polar surface area (TPSA) is 65.6 Å². The number of nitrogens with one attached hydrogen (secondary N) is 2. The lowest BCUT2D eigenvalue weighted by Crippen LogP contribution is -2.39. The first-order chi connectivity index (χ1) is 16.0. The summed E-state index contributed by atoms with van der Waals surface area (Å²) in [5, 5.41) is 7.03. The van der Waals surface area contributed by atoms with Crippen molar-refractivity contribution in [1.82, 2.24) is 15.3 Å². The Morgan fingerprint density at radius 3 is 2.58 bits per heavy atom. The van der Waals surface area contributed by atoms with Crippen molar-refractivity contribution >= 4 is 34.9 Å². The normalized spacial score (nSPS) is 20.9. The van der Waals surface area contributed by atoms with E-state index in [2.05, 4.69) is 40.3 Å². The Hall–Kier alpha value is -2.61. The Labute approximate surface area is 202 Å². The number of hydrogen-bond donors (Lipinski definition) is 2. The molecule has 4 rings (SSSR count). The van der Waals surface area contributed by atoms with E-state index in [1.807, 2.05) is 24.3 Å². The Balaban J connectivity index is 1.49. The lowest BCUT2D eigenvalue weighted by Gasteiger charge is -2.36. The second-order valence-electron chi connectivity index (χ2n) is 9.30. The monoisotopic (exact) mass is 468 g/mol. The minimum Gasteiger partial charge on any atom is -0.497 e. The zero-order valence-corrected chi connectivity index (χ0v) is 20.8. The van der Waals surface area contributed by atoms with Crippen LogP contribution in [0, 0.1) is 5.92 Å². The van der Waals surface area contributed by atoms with Crippen LogP contribution in [-0.4, -0.2) is 47.9 Å². The number of anilines is 3. The molecule has 2 N–H and O–H groups in total. The number of benzene rings is 1. The van der Waals surface area contributed by atoms with Crippen LogP contribution >= 0.6 is 12.2 Å². The van der Waals surface area contributed by atoms with Crippen LogP contribution in [0.2, 0.25) is 0 Å². The van der Waals surface area contributed by atoms with Crippen LogP contribution in [-0.2, 0) is 6.54 Å². The summed E-state index contributed by atoms with van der Waals surface area (Å²) in [5.74, 6) is 4.06. The van der Waals surface area contributed by atoms with Gasteiger partial charge >= 0.3 is 0 Å². The van der Waals surface area contributed by atoms with Gasteiger partial charge in [0.25, 0.3) is 0 Å². The summed E-state index contributed by atoms with van der Waals surface area (Å²) in [6, 6.07) is 10.6. The molecule has 0 saturated carbocycles. The molecule has 0 unspecified atom stereocenters. The van der Waals surface area contributed by atoms with Crippen molar-refractivity contribution in [3.05, 3.63) is 35.9 Å². The number of thiocarbonyl (C=S) groups is 1.